The number of halogens is 1. The Hall–Kier alpha value is -2.61. The zero-order chi connectivity index (χ0) is 20.0. The second-order valence-electron chi connectivity index (χ2n) is 6.45. The highest BCUT2D eigenvalue weighted by Gasteiger charge is 2.47. The molecule has 9 heteroatoms. The van der Waals surface area contributed by atoms with Gasteiger partial charge in [0.2, 0.25) is 0 Å². The smallest absolute Gasteiger partial charge is 0.326 e. The first kappa shape index (κ1) is 20.7. The van der Waals surface area contributed by atoms with Crippen LogP contribution in [0.4, 0.5) is 10.5 Å². The molecule has 0 aromatic heterocycles. The van der Waals surface area contributed by atoms with Gasteiger partial charge in [0.15, 0.2) is 6.61 Å². The number of benzene rings is 1. The molecule has 146 valence electrons. The number of hydrogen-bond acceptors (Lipinski definition) is 5. The molecular weight excluding hydrogens is 374 g/mol. The van der Waals surface area contributed by atoms with Crippen LogP contribution in [0.5, 0.6) is 0 Å². The van der Waals surface area contributed by atoms with Gasteiger partial charge < -0.3 is 15.4 Å². The lowest BCUT2D eigenvalue weighted by atomic mass is 9.95. The number of nitrogens with one attached hydrogen (secondary N) is 2. The van der Waals surface area contributed by atoms with Crippen molar-refractivity contribution in [1.82, 2.24) is 10.2 Å². The van der Waals surface area contributed by atoms with E-state index in [0.29, 0.717) is 17.1 Å². The van der Waals surface area contributed by atoms with E-state index in [4.69, 9.17) is 16.3 Å². The number of amides is 4. The van der Waals surface area contributed by atoms with Crippen LogP contribution in [-0.4, -0.2) is 47.4 Å². The molecule has 2 N–H and O–H groups in total. The number of urea groups is 1. The van der Waals surface area contributed by atoms with Crippen molar-refractivity contribution in [2.45, 2.75) is 38.6 Å². The maximum absolute atomic E-state index is 12.4. The van der Waals surface area contributed by atoms with E-state index in [0.717, 1.165) is 17.7 Å². The number of carbonyl (C=O) groups excluding carboxylic acids is 4. The number of unbranched alkanes of at least 4 members (excludes halogenated alkanes) is 1. The molecule has 4 amide bonds. The number of hydrogen-bond donors (Lipinski definition) is 2. The van der Waals surface area contributed by atoms with E-state index < -0.39 is 42.5 Å². The normalized spacial score (nSPS) is 19.0. The van der Waals surface area contributed by atoms with Gasteiger partial charge in [0, 0.05) is 0 Å². The lowest BCUT2D eigenvalue weighted by Gasteiger charge is -2.21. The summed E-state index contributed by atoms with van der Waals surface area (Å²) in [5.41, 5.74) is -0.629. The van der Waals surface area contributed by atoms with Crippen LogP contribution in [0, 0.1) is 0 Å². The molecule has 1 heterocycles. The van der Waals surface area contributed by atoms with Crippen molar-refractivity contribution in [3.63, 3.8) is 0 Å². The Morgan fingerprint density at radius 1 is 1.30 bits per heavy atom. The zero-order valence-electron chi connectivity index (χ0n) is 15.2. The lowest BCUT2D eigenvalue weighted by molar-refractivity contribution is -0.150. The van der Waals surface area contributed by atoms with Crippen molar-refractivity contribution in [3.8, 4) is 0 Å². The Morgan fingerprint density at radius 2 is 2.00 bits per heavy atom. The molecule has 1 fully saturated rings. The molecule has 27 heavy (non-hydrogen) atoms. The molecular formula is C18H22ClN3O5. The summed E-state index contributed by atoms with van der Waals surface area (Å²) in [4.78, 5) is 49.0. The van der Waals surface area contributed by atoms with Gasteiger partial charge in [0.05, 0.1) is 10.7 Å². The summed E-state index contributed by atoms with van der Waals surface area (Å²) in [6.07, 6.45) is 2.13. The van der Waals surface area contributed by atoms with Crippen molar-refractivity contribution in [2.75, 3.05) is 18.5 Å². The highest BCUT2D eigenvalue weighted by Crippen LogP contribution is 2.23. The van der Waals surface area contributed by atoms with Gasteiger partial charge in [-0.1, -0.05) is 43.5 Å². The minimum atomic E-state index is -1.02. The number of carbonyl (C=O) groups is 4. The van der Waals surface area contributed by atoms with Crippen molar-refractivity contribution in [1.29, 1.82) is 0 Å². The average Bonchev–Trinajstić information content (AvgIpc) is 2.84. The molecule has 0 aliphatic carbocycles. The SMILES string of the molecule is CCCC[C@@]1(C)NC(=O)N(CC(=O)OCC(=O)Nc2ccccc2Cl)C1=O. The van der Waals surface area contributed by atoms with Gasteiger partial charge in [-0.2, -0.15) is 0 Å². The van der Waals surface area contributed by atoms with E-state index in [1.54, 1.807) is 31.2 Å². The maximum atomic E-state index is 12.4. The standard InChI is InChI=1S/C18H22ClN3O5/c1-3-4-9-18(2)16(25)22(17(26)21-18)10-15(24)27-11-14(23)20-13-8-6-5-7-12(13)19/h5-8H,3-4,9-11H2,1-2H3,(H,20,23)(H,21,26)/t18-/m1/s1. The highest BCUT2D eigenvalue weighted by molar-refractivity contribution is 6.33. The molecule has 1 saturated heterocycles. The summed E-state index contributed by atoms with van der Waals surface area (Å²) < 4.78 is 4.86. The first-order valence-corrected chi connectivity index (χ1v) is 8.98. The van der Waals surface area contributed by atoms with Crippen LogP contribution in [0.2, 0.25) is 5.02 Å². The molecule has 1 aliphatic heterocycles. The molecule has 0 saturated carbocycles. The van der Waals surface area contributed by atoms with E-state index in [-0.39, 0.29) is 0 Å². The van der Waals surface area contributed by atoms with Crippen LogP contribution in [0.3, 0.4) is 0 Å². The topological polar surface area (TPSA) is 105 Å². The Balaban J connectivity index is 1.85. The van der Waals surface area contributed by atoms with Gasteiger partial charge in [-0.25, -0.2) is 4.79 Å². The Morgan fingerprint density at radius 3 is 2.67 bits per heavy atom. The van der Waals surface area contributed by atoms with Crippen LogP contribution in [0.25, 0.3) is 0 Å². The van der Waals surface area contributed by atoms with Crippen LogP contribution < -0.4 is 10.6 Å². The first-order chi connectivity index (χ1) is 12.8. The summed E-state index contributed by atoms with van der Waals surface area (Å²) in [5, 5.41) is 5.46. The van der Waals surface area contributed by atoms with Gasteiger partial charge in [-0.05, 0) is 25.5 Å². The van der Waals surface area contributed by atoms with Crippen molar-refractivity contribution < 1.29 is 23.9 Å². The van der Waals surface area contributed by atoms with Crippen molar-refractivity contribution in [3.05, 3.63) is 29.3 Å². The second kappa shape index (κ2) is 8.85. The maximum Gasteiger partial charge on any atom is 0.326 e. The fraction of sp³-hybridized carbons (Fsp3) is 0.444. The fourth-order valence-corrected chi connectivity index (χ4v) is 2.84. The highest BCUT2D eigenvalue weighted by atomic mass is 35.5. The number of para-hydroxylation sites is 1. The van der Waals surface area contributed by atoms with E-state index in [2.05, 4.69) is 10.6 Å². The number of esters is 1. The van der Waals surface area contributed by atoms with E-state index in [1.807, 2.05) is 6.92 Å². The van der Waals surface area contributed by atoms with E-state index in [1.165, 1.54) is 0 Å². The van der Waals surface area contributed by atoms with E-state index in [9.17, 15) is 19.2 Å². The predicted molar refractivity (Wildman–Crippen MR) is 99.2 cm³/mol. The lowest BCUT2D eigenvalue weighted by Crippen LogP contribution is -2.44. The summed E-state index contributed by atoms with van der Waals surface area (Å²) >= 11 is 5.93. The molecule has 0 spiro atoms. The summed E-state index contributed by atoms with van der Waals surface area (Å²) in [5.74, 6) is -1.91. The van der Waals surface area contributed by atoms with Crippen molar-refractivity contribution in [2.24, 2.45) is 0 Å². The second-order valence-corrected chi connectivity index (χ2v) is 6.85. The van der Waals surface area contributed by atoms with Crippen LogP contribution in [0.1, 0.15) is 33.1 Å². The van der Waals surface area contributed by atoms with E-state index >= 15 is 0 Å². The third kappa shape index (κ3) is 5.19. The molecule has 0 bridgehead atoms. The zero-order valence-corrected chi connectivity index (χ0v) is 16.0. The molecule has 1 aromatic carbocycles. The van der Waals surface area contributed by atoms with Gasteiger partial charge >= 0.3 is 12.0 Å². The molecule has 1 aromatic rings. The number of imide groups is 1. The molecule has 1 aliphatic rings. The van der Waals surface area contributed by atoms with Crippen molar-refractivity contribution >= 4 is 41.1 Å². The van der Waals surface area contributed by atoms with Crippen LogP contribution >= 0.6 is 11.6 Å². The number of rotatable bonds is 8. The summed E-state index contributed by atoms with van der Waals surface area (Å²) in [6.45, 7) is 2.51. The fourth-order valence-electron chi connectivity index (χ4n) is 2.66. The minimum Gasteiger partial charge on any atom is -0.454 e. The third-order valence-corrected chi connectivity index (χ3v) is 4.50. The average molecular weight is 396 g/mol. The molecule has 0 radical (unpaired) electrons. The number of ether oxygens (including phenoxy) is 1. The quantitative estimate of drug-likeness (QED) is 0.519. The van der Waals surface area contributed by atoms with Gasteiger partial charge in [0.1, 0.15) is 12.1 Å². The Kier molecular flexibility index (Phi) is 6.79. The molecule has 8 nitrogen and oxygen atoms in total. The van der Waals surface area contributed by atoms with Crippen LogP contribution in [0.15, 0.2) is 24.3 Å². The largest absolute Gasteiger partial charge is 0.454 e. The number of nitrogens with zero attached hydrogens (tertiary/aromatic N) is 1. The van der Waals surface area contributed by atoms with Crippen LogP contribution in [-0.2, 0) is 19.1 Å². The number of anilines is 1. The first-order valence-electron chi connectivity index (χ1n) is 8.61. The predicted octanol–water partition coefficient (Wildman–Crippen LogP) is 2.32. The van der Waals surface area contributed by atoms with Gasteiger partial charge in [0.25, 0.3) is 11.8 Å². The van der Waals surface area contributed by atoms with Gasteiger partial charge in [-0.3, -0.25) is 19.3 Å². The van der Waals surface area contributed by atoms with Gasteiger partial charge in [-0.15, -0.1) is 0 Å². The third-order valence-electron chi connectivity index (χ3n) is 4.17. The minimum absolute atomic E-state index is 0.350. The Bertz CT molecular complexity index is 754. The molecule has 2 rings (SSSR count). The molecule has 1 atom stereocenters. The summed E-state index contributed by atoms with van der Waals surface area (Å²) in [6, 6.07) is 5.98. The monoisotopic (exact) mass is 395 g/mol. The molecule has 0 unspecified atom stereocenters. The summed E-state index contributed by atoms with van der Waals surface area (Å²) in [7, 11) is 0. The Labute approximate surface area is 162 Å².